The van der Waals surface area contributed by atoms with E-state index in [1.807, 2.05) is 11.0 Å². The molecule has 1 saturated heterocycles. The van der Waals surface area contributed by atoms with Crippen LogP contribution in [0.5, 0.6) is 0 Å². The minimum atomic E-state index is -3.31. The third-order valence-electron chi connectivity index (χ3n) is 4.91. The Labute approximate surface area is 132 Å². The van der Waals surface area contributed by atoms with E-state index >= 15 is 0 Å². The van der Waals surface area contributed by atoms with Crippen LogP contribution in [-0.2, 0) is 14.6 Å². The van der Waals surface area contributed by atoms with Crippen molar-refractivity contribution in [1.82, 2.24) is 4.90 Å². The largest absolute Gasteiger partial charge is 0.342 e. The van der Waals surface area contributed by atoms with Crippen molar-refractivity contribution >= 4 is 15.7 Å². The molecule has 2 atom stereocenters. The number of carbonyl (C=O) groups excluding carboxylic acids is 1. The second kappa shape index (κ2) is 6.41. The summed E-state index contributed by atoms with van der Waals surface area (Å²) < 4.78 is 25.3. The zero-order chi connectivity index (χ0) is 15.6. The van der Waals surface area contributed by atoms with Crippen molar-refractivity contribution in [2.24, 2.45) is 5.92 Å². The molecule has 4 nitrogen and oxygen atoms in total. The van der Waals surface area contributed by atoms with Gasteiger partial charge in [0.15, 0.2) is 9.84 Å². The Hall–Kier alpha value is -1.36. The number of piperidine rings is 1. The number of amides is 1. The minimum Gasteiger partial charge on any atom is -0.342 e. The molecule has 5 heteroatoms. The lowest BCUT2D eigenvalue weighted by Gasteiger charge is -2.29. The molecule has 1 aromatic carbocycles. The van der Waals surface area contributed by atoms with E-state index in [-0.39, 0.29) is 11.8 Å². The summed E-state index contributed by atoms with van der Waals surface area (Å²) in [6.45, 7) is 1.68. The lowest BCUT2D eigenvalue weighted by Crippen LogP contribution is -2.39. The van der Waals surface area contributed by atoms with E-state index < -0.39 is 15.1 Å². The molecule has 0 bridgehead atoms. The SMILES string of the molecule is O=C([C@@H]1CC[C@@H](S(=O)(=O)c2ccccc2)C1)N1CCCCC1. The summed E-state index contributed by atoms with van der Waals surface area (Å²) in [4.78, 5) is 14.9. The first-order valence-electron chi connectivity index (χ1n) is 8.17. The number of hydrogen-bond acceptors (Lipinski definition) is 3. The number of carbonyl (C=O) groups is 1. The van der Waals surface area contributed by atoms with Crippen molar-refractivity contribution in [2.45, 2.75) is 48.7 Å². The van der Waals surface area contributed by atoms with Gasteiger partial charge in [0.05, 0.1) is 10.1 Å². The molecular weight excluding hydrogens is 298 g/mol. The summed E-state index contributed by atoms with van der Waals surface area (Å²) in [5.74, 6) is 0.0621. The molecule has 3 rings (SSSR count). The van der Waals surface area contributed by atoms with E-state index in [2.05, 4.69) is 0 Å². The van der Waals surface area contributed by atoms with E-state index in [4.69, 9.17) is 0 Å². The Morgan fingerprint density at radius 2 is 1.68 bits per heavy atom. The van der Waals surface area contributed by atoms with Gasteiger partial charge in [0, 0.05) is 19.0 Å². The predicted octanol–water partition coefficient (Wildman–Crippen LogP) is 2.64. The molecule has 0 N–H and O–H groups in total. The summed E-state index contributed by atoms with van der Waals surface area (Å²) in [6, 6.07) is 8.61. The van der Waals surface area contributed by atoms with Gasteiger partial charge in [-0.25, -0.2) is 8.42 Å². The Bertz CT molecular complexity index is 621. The van der Waals surface area contributed by atoms with E-state index in [1.165, 1.54) is 6.42 Å². The van der Waals surface area contributed by atoms with Crippen LogP contribution in [0.4, 0.5) is 0 Å². The first-order valence-corrected chi connectivity index (χ1v) is 9.71. The fourth-order valence-electron chi connectivity index (χ4n) is 3.62. The minimum absolute atomic E-state index is 0.110. The molecule has 1 amide bonds. The van der Waals surface area contributed by atoms with E-state index in [1.54, 1.807) is 24.3 Å². The topological polar surface area (TPSA) is 54.5 Å². The second-order valence-corrected chi connectivity index (χ2v) is 8.60. The van der Waals surface area contributed by atoms with Crippen LogP contribution in [0.2, 0.25) is 0 Å². The second-order valence-electron chi connectivity index (χ2n) is 6.38. The summed E-state index contributed by atoms with van der Waals surface area (Å²) in [7, 11) is -3.31. The van der Waals surface area contributed by atoms with Crippen LogP contribution in [-0.4, -0.2) is 37.6 Å². The number of rotatable bonds is 3. The highest BCUT2D eigenvalue weighted by atomic mass is 32.2. The van der Waals surface area contributed by atoms with Crippen LogP contribution < -0.4 is 0 Å². The van der Waals surface area contributed by atoms with Gasteiger partial charge in [-0.1, -0.05) is 18.2 Å². The van der Waals surface area contributed by atoms with E-state index in [9.17, 15) is 13.2 Å². The van der Waals surface area contributed by atoms with Gasteiger partial charge in [0.2, 0.25) is 5.91 Å². The highest BCUT2D eigenvalue weighted by Crippen LogP contribution is 2.35. The highest BCUT2D eigenvalue weighted by Gasteiger charge is 2.39. The van der Waals surface area contributed by atoms with Gasteiger partial charge in [-0.05, 0) is 50.7 Å². The molecule has 22 heavy (non-hydrogen) atoms. The van der Waals surface area contributed by atoms with Crippen LogP contribution >= 0.6 is 0 Å². The summed E-state index contributed by atoms with van der Waals surface area (Å²) in [5.41, 5.74) is 0. The van der Waals surface area contributed by atoms with Gasteiger partial charge >= 0.3 is 0 Å². The maximum atomic E-state index is 12.7. The normalized spacial score (nSPS) is 26.1. The molecule has 0 unspecified atom stereocenters. The Balaban J connectivity index is 1.68. The van der Waals surface area contributed by atoms with Crippen molar-refractivity contribution in [2.75, 3.05) is 13.1 Å². The average molecular weight is 321 g/mol. The summed E-state index contributed by atoms with van der Waals surface area (Å²) >= 11 is 0. The summed E-state index contributed by atoms with van der Waals surface area (Å²) in [5, 5.41) is -0.409. The molecule has 0 radical (unpaired) electrons. The van der Waals surface area contributed by atoms with Crippen molar-refractivity contribution in [3.8, 4) is 0 Å². The smallest absolute Gasteiger partial charge is 0.225 e. The quantitative estimate of drug-likeness (QED) is 0.860. The van der Waals surface area contributed by atoms with Gasteiger partial charge in [0.25, 0.3) is 0 Å². The van der Waals surface area contributed by atoms with Crippen molar-refractivity contribution in [3.05, 3.63) is 30.3 Å². The maximum Gasteiger partial charge on any atom is 0.225 e. The van der Waals surface area contributed by atoms with Crippen molar-refractivity contribution in [3.63, 3.8) is 0 Å². The molecule has 1 aliphatic heterocycles. The molecule has 1 heterocycles. The molecule has 0 spiro atoms. The average Bonchev–Trinajstić information content (AvgIpc) is 3.06. The van der Waals surface area contributed by atoms with Gasteiger partial charge in [0.1, 0.15) is 0 Å². The van der Waals surface area contributed by atoms with Crippen LogP contribution in [0.25, 0.3) is 0 Å². The van der Waals surface area contributed by atoms with Crippen LogP contribution in [0.1, 0.15) is 38.5 Å². The Morgan fingerprint density at radius 1 is 1.00 bits per heavy atom. The molecule has 2 fully saturated rings. The number of hydrogen-bond donors (Lipinski definition) is 0. The molecule has 1 saturated carbocycles. The molecule has 1 aliphatic carbocycles. The van der Waals surface area contributed by atoms with Crippen LogP contribution in [0.3, 0.4) is 0 Å². The highest BCUT2D eigenvalue weighted by molar-refractivity contribution is 7.92. The first-order chi connectivity index (χ1) is 10.6. The number of likely N-dealkylation sites (tertiary alicyclic amines) is 1. The Morgan fingerprint density at radius 3 is 2.36 bits per heavy atom. The van der Waals surface area contributed by atoms with Crippen molar-refractivity contribution < 1.29 is 13.2 Å². The predicted molar refractivity (Wildman–Crippen MR) is 85.2 cm³/mol. The monoisotopic (exact) mass is 321 g/mol. The van der Waals surface area contributed by atoms with Gasteiger partial charge in [-0.15, -0.1) is 0 Å². The maximum absolute atomic E-state index is 12.7. The first kappa shape index (κ1) is 15.5. The standard InChI is InChI=1S/C17H23NO3S/c19-17(18-11-5-2-6-12-18)14-9-10-16(13-14)22(20,21)15-7-3-1-4-8-15/h1,3-4,7-8,14,16H,2,5-6,9-13H2/t14-,16-/m1/s1. The number of benzene rings is 1. The molecule has 2 aliphatic rings. The third-order valence-corrected chi connectivity index (χ3v) is 7.15. The van der Waals surface area contributed by atoms with Crippen LogP contribution in [0.15, 0.2) is 35.2 Å². The fraction of sp³-hybridized carbons (Fsp3) is 0.588. The number of nitrogens with zero attached hydrogens (tertiary/aromatic N) is 1. The zero-order valence-electron chi connectivity index (χ0n) is 12.8. The van der Waals surface area contributed by atoms with Crippen LogP contribution in [0, 0.1) is 5.92 Å². The van der Waals surface area contributed by atoms with Gasteiger partial charge in [-0.3, -0.25) is 4.79 Å². The molecular formula is C17H23NO3S. The van der Waals surface area contributed by atoms with E-state index in [0.717, 1.165) is 25.9 Å². The fourth-order valence-corrected chi connectivity index (χ4v) is 5.47. The van der Waals surface area contributed by atoms with Gasteiger partial charge < -0.3 is 4.90 Å². The van der Waals surface area contributed by atoms with Crippen molar-refractivity contribution in [1.29, 1.82) is 0 Å². The lowest BCUT2D eigenvalue weighted by atomic mass is 10.0. The number of sulfone groups is 1. The zero-order valence-corrected chi connectivity index (χ0v) is 13.6. The molecule has 1 aromatic rings. The summed E-state index contributed by atoms with van der Waals surface area (Å²) in [6.07, 6.45) is 5.12. The third kappa shape index (κ3) is 3.05. The van der Waals surface area contributed by atoms with E-state index in [0.29, 0.717) is 24.2 Å². The molecule has 120 valence electrons. The van der Waals surface area contributed by atoms with Gasteiger partial charge in [-0.2, -0.15) is 0 Å². The lowest BCUT2D eigenvalue weighted by molar-refractivity contribution is -0.136. The molecule has 0 aromatic heterocycles. The Kier molecular flexibility index (Phi) is 4.52.